The molecule has 1 aromatic rings. The van der Waals surface area contributed by atoms with Crippen LogP contribution < -0.4 is 10.6 Å². The molecule has 0 saturated heterocycles. The molecule has 0 radical (unpaired) electrons. The Morgan fingerprint density at radius 3 is 2.68 bits per heavy atom. The molecule has 0 aromatic carbocycles. The lowest BCUT2D eigenvalue weighted by atomic mass is 9.87. The quantitative estimate of drug-likeness (QED) is 0.644. The van der Waals surface area contributed by atoms with Gasteiger partial charge in [-0.2, -0.15) is 0 Å². The number of aromatic nitrogens is 1. The Morgan fingerprint density at radius 1 is 1.36 bits per heavy atom. The molecule has 2 rings (SSSR count). The van der Waals surface area contributed by atoms with Gasteiger partial charge in [0, 0.05) is 37.4 Å². The highest BCUT2D eigenvalue weighted by Crippen LogP contribution is 2.23. The minimum Gasteiger partial charge on any atom is -0.356 e. The SMILES string of the molecule is CN=C(NCCc1csc(C(C)C)n1)NC1CCC(C)CC1. The zero-order valence-corrected chi connectivity index (χ0v) is 15.2. The lowest BCUT2D eigenvalue weighted by Crippen LogP contribution is -2.45. The maximum Gasteiger partial charge on any atom is 0.191 e. The predicted molar refractivity (Wildman–Crippen MR) is 95.8 cm³/mol. The topological polar surface area (TPSA) is 49.3 Å². The van der Waals surface area contributed by atoms with Gasteiger partial charge in [-0.3, -0.25) is 4.99 Å². The Labute approximate surface area is 138 Å². The molecule has 0 bridgehead atoms. The zero-order chi connectivity index (χ0) is 15.9. The van der Waals surface area contributed by atoms with Crippen molar-refractivity contribution in [3.05, 3.63) is 16.1 Å². The number of rotatable bonds is 5. The highest BCUT2D eigenvalue weighted by atomic mass is 32.1. The summed E-state index contributed by atoms with van der Waals surface area (Å²) >= 11 is 1.77. The molecule has 4 nitrogen and oxygen atoms in total. The Bertz CT molecular complexity index is 473. The van der Waals surface area contributed by atoms with E-state index in [9.17, 15) is 0 Å². The largest absolute Gasteiger partial charge is 0.356 e. The van der Waals surface area contributed by atoms with Gasteiger partial charge in [-0.15, -0.1) is 11.3 Å². The second-order valence-electron chi connectivity index (χ2n) is 6.68. The van der Waals surface area contributed by atoms with Crippen LogP contribution in [0.4, 0.5) is 0 Å². The number of nitrogens with one attached hydrogen (secondary N) is 2. The first-order valence-corrected chi connectivity index (χ1v) is 9.38. The molecule has 0 spiro atoms. The van der Waals surface area contributed by atoms with Gasteiger partial charge in [0.15, 0.2) is 5.96 Å². The van der Waals surface area contributed by atoms with E-state index in [2.05, 4.69) is 46.8 Å². The van der Waals surface area contributed by atoms with Crippen molar-refractivity contribution >= 4 is 17.3 Å². The van der Waals surface area contributed by atoms with E-state index in [1.54, 1.807) is 11.3 Å². The summed E-state index contributed by atoms with van der Waals surface area (Å²) < 4.78 is 0. The van der Waals surface area contributed by atoms with Crippen molar-refractivity contribution in [2.75, 3.05) is 13.6 Å². The molecule has 124 valence electrons. The van der Waals surface area contributed by atoms with Crippen LogP contribution in [0.25, 0.3) is 0 Å². The molecule has 0 unspecified atom stereocenters. The molecule has 2 N–H and O–H groups in total. The van der Waals surface area contributed by atoms with Gasteiger partial charge in [-0.1, -0.05) is 20.8 Å². The van der Waals surface area contributed by atoms with E-state index in [0.717, 1.165) is 24.8 Å². The van der Waals surface area contributed by atoms with E-state index in [-0.39, 0.29) is 0 Å². The average Bonchev–Trinajstić information content (AvgIpc) is 2.97. The summed E-state index contributed by atoms with van der Waals surface area (Å²) in [6, 6.07) is 0.578. The average molecular weight is 323 g/mol. The minimum absolute atomic E-state index is 0.523. The standard InChI is InChI=1S/C17H30N4S/c1-12(2)16-20-15(11-22-16)9-10-19-17(18-4)21-14-7-5-13(3)6-8-14/h11-14H,5-10H2,1-4H3,(H2,18,19,21). The molecular weight excluding hydrogens is 292 g/mol. The monoisotopic (exact) mass is 322 g/mol. The van der Waals surface area contributed by atoms with Crippen molar-refractivity contribution in [3.8, 4) is 0 Å². The molecule has 1 fully saturated rings. The first-order chi connectivity index (χ1) is 10.6. The van der Waals surface area contributed by atoms with E-state index < -0.39 is 0 Å². The Balaban J connectivity index is 1.72. The Hall–Kier alpha value is -1.10. The summed E-state index contributed by atoms with van der Waals surface area (Å²) in [4.78, 5) is 9.02. The Morgan fingerprint density at radius 2 is 2.09 bits per heavy atom. The fourth-order valence-electron chi connectivity index (χ4n) is 2.80. The first-order valence-electron chi connectivity index (χ1n) is 8.50. The van der Waals surface area contributed by atoms with Crippen LogP contribution in [-0.2, 0) is 6.42 Å². The number of hydrogen-bond acceptors (Lipinski definition) is 3. The van der Waals surface area contributed by atoms with Gasteiger partial charge < -0.3 is 10.6 Å². The molecule has 1 heterocycles. The molecule has 0 atom stereocenters. The smallest absolute Gasteiger partial charge is 0.191 e. The van der Waals surface area contributed by atoms with Crippen LogP contribution in [0.15, 0.2) is 10.4 Å². The summed E-state index contributed by atoms with van der Waals surface area (Å²) in [7, 11) is 1.85. The molecule has 1 saturated carbocycles. The summed E-state index contributed by atoms with van der Waals surface area (Å²) in [6.45, 7) is 7.61. The Kier molecular flexibility index (Phi) is 6.68. The lowest BCUT2D eigenvalue weighted by molar-refractivity contribution is 0.329. The maximum atomic E-state index is 4.67. The van der Waals surface area contributed by atoms with Gasteiger partial charge in [0.05, 0.1) is 10.7 Å². The second kappa shape index (κ2) is 8.51. The maximum absolute atomic E-state index is 4.67. The fraction of sp³-hybridized carbons (Fsp3) is 0.765. The molecule has 1 aliphatic rings. The second-order valence-corrected chi connectivity index (χ2v) is 7.57. The van der Waals surface area contributed by atoms with Crippen molar-refractivity contribution < 1.29 is 0 Å². The van der Waals surface area contributed by atoms with E-state index in [1.165, 1.54) is 36.4 Å². The summed E-state index contributed by atoms with van der Waals surface area (Å²) in [6.07, 6.45) is 6.11. The minimum atomic E-state index is 0.523. The highest BCUT2D eigenvalue weighted by molar-refractivity contribution is 7.09. The van der Waals surface area contributed by atoms with Crippen molar-refractivity contribution in [1.29, 1.82) is 0 Å². The molecule has 0 amide bonds. The number of thiazole rings is 1. The van der Waals surface area contributed by atoms with E-state index >= 15 is 0 Å². The van der Waals surface area contributed by atoms with Gasteiger partial charge in [-0.05, 0) is 31.6 Å². The molecule has 5 heteroatoms. The highest BCUT2D eigenvalue weighted by Gasteiger charge is 2.18. The lowest BCUT2D eigenvalue weighted by Gasteiger charge is -2.28. The molecule has 0 aliphatic heterocycles. The van der Waals surface area contributed by atoms with E-state index in [1.807, 2.05) is 7.05 Å². The number of guanidine groups is 1. The van der Waals surface area contributed by atoms with Crippen LogP contribution in [0.3, 0.4) is 0 Å². The molecular formula is C17H30N4S. The molecule has 1 aromatic heterocycles. The van der Waals surface area contributed by atoms with Crippen LogP contribution in [-0.4, -0.2) is 30.6 Å². The van der Waals surface area contributed by atoms with Gasteiger partial charge in [-0.25, -0.2) is 4.98 Å². The van der Waals surface area contributed by atoms with Crippen LogP contribution in [0.5, 0.6) is 0 Å². The van der Waals surface area contributed by atoms with Gasteiger partial charge >= 0.3 is 0 Å². The predicted octanol–water partition coefficient (Wildman–Crippen LogP) is 3.55. The van der Waals surface area contributed by atoms with Gasteiger partial charge in [0.25, 0.3) is 0 Å². The van der Waals surface area contributed by atoms with Crippen molar-refractivity contribution in [2.45, 2.75) is 64.8 Å². The third-order valence-corrected chi connectivity index (χ3v) is 5.51. The summed E-state index contributed by atoms with van der Waals surface area (Å²) in [5.41, 5.74) is 1.18. The third kappa shape index (κ3) is 5.27. The van der Waals surface area contributed by atoms with Gasteiger partial charge in [0.2, 0.25) is 0 Å². The summed E-state index contributed by atoms with van der Waals surface area (Å²) in [5.74, 6) is 2.33. The zero-order valence-electron chi connectivity index (χ0n) is 14.4. The van der Waals surface area contributed by atoms with Crippen LogP contribution in [0.2, 0.25) is 0 Å². The van der Waals surface area contributed by atoms with Crippen molar-refractivity contribution in [3.63, 3.8) is 0 Å². The summed E-state index contributed by atoms with van der Waals surface area (Å²) in [5, 5.41) is 10.4. The molecule has 1 aliphatic carbocycles. The van der Waals surface area contributed by atoms with Crippen molar-refractivity contribution in [1.82, 2.24) is 15.6 Å². The number of hydrogen-bond donors (Lipinski definition) is 2. The van der Waals surface area contributed by atoms with Crippen LogP contribution in [0.1, 0.15) is 63.1 Å². The van der Waals surface area contributed by atoms with E-state index in [4.69, 9.17) is 0 Å². The van der Waals surface area contributed by atoms with Crippen LogP contribution in [0, 0.1) is 5.92 Å². The van der Waals surface area contributed by atoms with E-state index in [0.29, 0.717) is 12.0 Å². The third-order valence-electron chi connectivity index (χ3n) is 4.32. The van der Waals surface area contributed by atoms with Crippen LogP contribution >= 0.6 is 11.3 Å². The van der Waals surface area contributed by atoms with Crippen molar-refractivity contribution in [2.24, 2.45) is 10.9 Å². The first kappa shape index (κ1) is 17.3. The number of nitrogens with zero attached hydrogens (tertiary/aromatic N) is 2. The fourth-order valence-corrected chi connectivity index (χ4v) is 3.67. The van der Waals surface area contributed by atoms with Gasteiger partial charge in [0.1, 0.15) is 0 Å². The number of aliphatic imine (C=N–C) groups is 1. The molecule has 22 heavy (non-hydrogen) atoms. The normalized spacial score (nSPS) is 22.9.